The molecule has 0 unspecified atom stereocenters. The third kappa shape index (κ3) is 4.82. The van der Waals surface area contributed by atoms with Crippen molar-refractivity contribution < 1.29 is 14.3 Å². The fraction of sp³-hybridized carbons (Fsp3) is 0.636. The Morgan fingerprint density at radius 2 is 1.74 bits per heavy atom. The van der Waals surface area contributed by atoms with Crippen molar-refractivity contribution in [2.45, 2.75) is 71.4 Å². The number of likely N-dealkylation sites (tertiary alicyclic amines) is 1. The predicted octanol–water partition coefficient (Wildman–Crippen LogP) is 5.07. The van der Waals surface area contributed by atoms with E-state index in [2.05, 4.69) is 17.1 Å². The van der Waals surface area contributed by atoms with E-state index in [0.29, 0.717) is 29.1 Å². The highest BCUT2D eigenvalue weighted by Crippen LogP contribution is 2.39. The molecule has 3 rings (SSSR count). The van der Waals surface area contributed by atoms with Crippen molar-refractivity contribution >= 4 is 17.7 Å². The minimum atomic E-state index is -0.540. The van der Waals surface area contributed by atoms with Crippen molar-refractivity contribution in [3.05, 3.63) is 29.8 Å². The van der Waals surface area contributed by atoms with Crippen LogP contribution in [0.4, 0.5) is 10.5 Å². The van der Waals surface area contributed by atoms with Crippen LogP contribution >= 0.6 is 0 Å². The molecular formula is C22H32N2O3. The van der Waals surface area contributed by atoms with Crippen LogP contribution in [-0.4, -0.2) is 35.1 Å². The van der Waals surface area contributed by atoms with Gasteiger partial charge in [0.2, 0.25) is 0 Å². The van der Waals surface area contributed by atoms with Crippen LogP contribution in [0.3, 0.4) is 0 Å². The second-order valence-corrected chi connectivity index (χ2v) is 8.98. The van der Waals surface area contributed by atoms with Crippen LogP contribution < -0.4 is 5.32 Å². The Morgan fingerprint density at radius 1 is 1.07 bits per heavy atom. The van der Waals surface area contributed by atoms with Crippen LogP contribution in [0.2, 0.25) is 0 Å². The van der Waals surface area contributed by atoms with Crippen molar-refractivity contribution in [1.82, 2.24) is 4.90 Å². The standard InChI is InChI=1S/C22H32N2O3/c1-15-13-14-24(19-8-6-5-7-18(15)19)20(25)16-9-11-17(12-10-16)23-21(26)27-22(2,3)4/h9-12,15,18-19H,5-8,13-14H2,1-4H3,(H,23,26)/t15-,18+,19+/m1/s1. The number of rotatable bonds is 2. The maximum atomic E-state index is 13.1. The topological polar surface area (TPSA) is 58.6 Å². The minimum Gasteiger partial charge on any atom is -0.444 e. The molecule has 1 aromatic carbocycles. The number of hydrogen-bond donors (Lipinski definition) is 1. The van der Waals surface area contributed by atoms with Gasteiger partial charge >= 0.3 is 6.09 Å². The van der Waals surface area contributed by atoms with E-state index in [1.165, 1.54) is 19.3 Å². The summed E-state index contributed by atoms with van der Waals surface area (Å²) in [5.74, 6) is 1.46. The number of carbonyl (C=O) groups is 2. The molecule has 5 heteroatoms. The van der Waals surface area contributed by atoms with Gasteiger partial charge in [-0.05, 0) is 76.1 Å². The first-order valence-corrected chi connectivity index (χ1v) is 10.2. The van der Waals surface area contributed by atoms with Crippen molar-refractivity contribution in [3.8, 4) is 0 Å². The Kier molecular flexibility index (Phi) is 5.78. The van der Waals surface area contributed by atoms with Crippen LogP contribution in [0.1, 0.15) is 70.2 Å². The Bertz CT molecular complexity index is 678. The van der Waals surface area contributed by atoms with Gasteiger partial charge in [0.15, 0.2) is 0 Å². The summed E-state index contributed by atoms with van der Waals surface area (Å²) in [6.07, 6.45) is 5.48. The second-order valence-electron chi connectivity index (χ2n) is 8.98. The first-order chi connectivity index (χ1) is 12.7. The van der Waals surface area contributed by atoms with E-state index >= 15 is 0 Å². The number of hydrogen-bond acceptors (Lipinski definition) is 3. The van der Waals surface area contributed by atoms with Gasteiger partial charge < -0.3 is 9.64 Å². The number of piperidine rings is 1. The van der Waals surface area contributed by atoms with E-state index in [1.807, 2.05) is 20.8 Å². The summed E-state index contributed by atoms with van der Waals surface area (Å²) in [5, 5.41) is 2.71. The summed E-state index contributed by atoms with van der Waals surface area (Å²) in [5.41, 5.74) is 0.772. The van der Waals surface area contributed by atoms with Gasteiger partial charge in [0.1, 0.15) is 5.60 Å². The molecule has 1 N–H and O–H groups in total. The molecule has 5 nitrogen and oxygen atoms in total. The fourth-order valence-corrected chi connectivity index (χ4v) is 4.45. The number of fused-ring (bicyclic) bond motifs is 1. The summed E-state index contributed by atoms with van der Waals surface area (Å²) in [7, 11) is 0. The van der Waals surface area contributed by atoms with Gasteiger partial charge in [-0.3, -0.25) is 10.1 Å². The molecule has 0 radical (unpaired) electrons. The molecule has 1 aliphatic carbocycles. The zero-order chi connectivity index (χ0) is 19.6. The van der Waals surface area contributed by atoms with Gasteiger partial charge in [-0.2, -0.15) is 0 Å². The average molecular weight is 373 g/mol. The molecule has 1 aromatic rings. The highest BCUT2D eigenvalue weighted by Gasteiger charge is 2.39. The van der Waals surface area contributed by atoms with Crippen LogP contribution in [0.15, 0.2) is 24.3 Å². The van der Waals surface area contributed by atoms with Crippen LogP contribution in [0, 0.1) is 11.8 Å². The van der Waals surface area contributed by atoms with Crippen LogP contribution in [0.25, 0.3) is 0 Å². The SMILES string of the molecule is C[C@@H]1CCN(C(=O)c2ccc(NC(=O)OC(C)(C)C)cc2)[C@H]2CCCC[C@@H]12. The summed E-state index contributed by atoms with van der Waals surface area (Å²) < 4.78 is 5.26. The summed E-state index contributed by atoms with van der Waals surface area (Å²) in [6.45, 7) is 8.66. The first-order valence-electron chi connectivity index (χ1n) is 10.2. The van der Waals surface area contributed by atoms with E-state index < -0.39 is 11.7 Å². The Labute approximate surface area is 162 Å². The monoisotopic (exact) mass is 372 g/mol. The summed E-state index contributed by atoms with van der Waals surface area (Å²) >= 11 is 0. The molecule has 0 aromatic heterocycles. The van der Waals surface area contributed by atoms with Gasteiger partial charge in [0.25, 0.3) is 5.91 Å². The Morgan fingerprint density at radius 3 is 2.41 bits per heavy atom. The largest absolute Gasteiger partial charge is 0.444 e. The lowest BCUT2D eigenvalue weighted by atomic mass is 9.72. The number of ether oxygens (including phenoxy) is 1. The zero-order valence-electron chi connectivity index (χ0n) is 17.0. The van der Waals surface area contributed by atoms with E-state index in [1.54, 1.807) is 24.3 Å². The van der Waals surface area contributed by atoms with Gasteiger partial charge in [-0.25, -0.2) is 4.79 Å². The number of benzene rings is 1. The molecule has 2 fully saturated rings. The molecule has 0 spiro atoms. The Hall–Kier alpha value is -2.04. The molecule has 27 heavy (non-hydrogen) atoms. The zero-order valence-corrected chi connectivity index (χ0v) is 17.0. The van der Waals surface area contributed by atoms with Crippen LogP contribution in [-0.2, 0) is 4.74 Å². The van der Waals surface area contributed by atoms with Crippen molar-refractivity contribution in [1.29, 1.82) is 0 Å². The molecule has 1 saturated carbocycles. The number of carbonyl (C=O) groups excluding carboxylic acids is 2. The molecule has 0 bridgehead atoms. The lowest BCUT2D eigenvalue weighted by molar-refractivity contribution is 0.0217. The number of nitrogens with one attached hydrogen (secondary N) is 1. The fourth-order valence-electron chi connectivity index (χ4n) is 4.45. The maximum absolute atomic E-state index is 13.1. The third-order valence-corrected chi connectivity index (χ3v) is 5.78. The normalized spacial score (nSPS) is 25.5. The molecule has 3 atom stereocenters. The van der Waals surface area contributed by atoms with Gasteiger partial charge in [0, 0.05) is 23.8 Å². The summed E-state index contributed by atoms with van der Waals surface area (Å²) in [4.78, 5) is 27.1. The van der Waals surface area contributed by atoms with Crippen LogP contribution in [0.5, 0.6) is 0 Å². The lowest BCUT2D eigenvalue weighted by Gasteiger charge is -2.47. The minimum absolute atomic E-state index is 0.114. The van der Waals surface area contributed by atoms with E-state index in [9.17, 15) is 9.59 Å². The van der Waals surface area contributed by atoms with Crippen molar-refractivity contribution in [2.75, 3.05) is 11.9 Å². The highest BCUT2D eigenvalue weighted by molar-refractivity contribution is 5.95. The van der Waals surface area contributed by atoms with E-state index in [4.69, 9.17) is 4.74 Å². The van der Waals surface area contributed by atoms with Gasteiger partial charge in [-0.15, -0.1) is 0 Å². The van der Waals surface area contributed by atoms with Crippen molar-refractivity contribution in [2.24, 2.45) is 11.8 Å². The molecular weight excluding hydrogens is 340 g/mol. The summed E-state index contributed by atoms with van der Waals surface area (Å²) in [6, 6.07) is 7.51. The average Bonchev–Trinajstić information content (AvgIpc) is 2.61. The van der Waals surface area contributed by atoms with Gasteiger partial charge in [-0.1, -0.05) is 19.8 Å². The molecule has 148 valence electrons. The highest BCUT2D eigenvalue weighted by atomic mass is 16.6. The van der Waals surface area contributed by atoms with E-state index in [0.717, 1.165) is 19.4 Å². The Balaban J connectivity index is 1.66. The van der Waals surface area contributed by atoms with Gasteiger partial charge in [0.05, 0.1) is 0 Å². The number of nitrogens with zero attached hydrogens (tertiary/aromatic N) is 1. The lowest BCUT2D eigenvalue weighted by Crippen LogP contribution is -2.52. The predicted molar refractivity (Wildman–Crippen MR) is 107 cm³/mol. The molecule has 1 saturated heterocycles. The smallest absolute Gasteiger partial charge is 0.412 e. The third-order valence-electron chi connectivity index (χ3n) is 5.78. The molecule has 2 aliphatic rings. The van der Waals surface area contributed by atoms with E-state index in [-0.39, 0.29) is 5.91 Å². The number of amides is 2. The molecule has 1 heterocycles. The maximum Gasteiger partial charge on any atom is 0.412 e. The second kappa shape index (κ2) is 7.91. The van der Waals surface area contributed by atoms with Crippen molar-refractivity contribution in [3.63, 3.8) is 0 Å². The molecule has 1 aliphatic heterocycles. The molecule has 2 amide bonds. The first kappa shape index (κ1) is 19.7. The quantitative estimate of drug-likeness (QED) is 0.788. The number of anilines is 1.